The summed E-state index contributed by atoms with van der Waals surface area (Å²) in [6.07, 6.45) is 1.02. The summed E-state index contributed by atoms with van der Waals surface area (Å²) >= 11 is 0. The van der Waals surface area contributed by atoms with Gasteiger partial charge in [-0.25, -0.2) is 4.79 Å². The zero-order valence-electron chi connectivity index (χ0n) is 10.1. The monoisotopic (exact) mass is 235 g/mol. The van der Waals surface area contributed by atoms with E-state index in [1.165, 1.54) is 5.56 Å². The Balaban J connectivity index is 2.51. The highest BCUT2D eigenvalue weighted by Gasteiger charge is 2.09. The van der Waals surface area contributed by atoms with Crippen LogP contribution in [0.1, 0.15) is 25.0 Å². The first-order valence-electron chi connectivity index (χ1n) is 5.58. The average Bonchev–Trinajstić information content (AvgIpc) is 2.26. The predicted octanol–water partition coefficient (Wildman–Crippen LogP) is 1.59. The second kappa shape index (κ2) is 6.03. The highest BCUT2D eigenvalue weighted by Crippen LogP contribution is 2.09. The Labute approximate surface area is 101 Å². The number of nitrogens with one attached hydrogen (secondary N) is 1. The molecule has 0 saturated heterocycles. The molecule has 92 valence electrons. The SMILES string of the molecule is CC(C)Cc1ccc(CNC(=O)C(=O)O)cc1. The van der Waals surface area contributed by atoms with Crippen molar-refractivity contribution in [1.29, 1.82) is 0 Å². The second-order valence-electron chi connectivity index (χ2n) is 4.40. The van der Waals surface area contributed by atoms with Gasteiger partial charge in [0, 0.05) is 6.54 Å². The van der Waals surface area contributed by atoms with Crippen molar-refractivity contribution < 1.29 is 14.7 Å². The van der Waals surface area contributed by atoms with Gasteiger partial charge < -0.3 is 10.4 Å². The number of benzene rings is 1. The van der Waals surface area contributed by atoms with E-state index in [2.05, 4.69) is 19.2 Å². The van der Waals surface area contributed by atoms with E-state index in [0.29, 0.717) is 5.92 Å². The van der Waals surface area contributed by atoms with Crippen LogP contribution in [-0.4, -0.2) is 17.0 Å². The summed E-state index contributed by atoms with van der Waals surface area (Å²) in [6, 6.07) is 7.81. The van der Waals surface area contributed by atoms with Crippen LogP contribution in [0.4, 0.5) is 0 Å². The predicted molar refractivity (Wildman–Crippen MR) is 64.5 cm³/mol. The topological polar surface area (TPSA) is 66.4 Å². The molecule has 0 atom stereocenters. The lowest BCUT2D eigenvalue weighted by Crippen LogP contribution is -2.30. The summed E-state index contributed by atoms with van der Waals surface area (Å²) in [6.45, 7) is 4.55. The zero-order valence-corrected chi connectivity index (χ0v) is 10.1. The second-order valence-corrected chi connectivity index (χ2v) is 4.40. The quantitative estimate of drug-likeness (QED) is 0.779. The minimum atomic E-state index is -1.46. The molecule has 1 aromatic rings. The summed E-state index contributed by atoms with van der Waals surface area (Å²) < 4.78 is 0. The number of carboxylic acids is 1. The van der Waals surface area contributed by atoms with E-state index < -0.39 is 11.9 Å². The number of carbonyl (C=O) groups excluding carboxylic acids is 1. The molecule has 0 bridgehead atoms. The van der Waals surface area contributed by atoms with Crippen LogP contribution in [0.25, 0.3) is 0 Å². The van der Waals surface area contributed by atoms with Crippen molar-refractivity contribution >= 4 is 11.9 Å². The summed E-state index contributed by atoms with van der Waals surface area (Å²) in [5.41, 5.74) is 2.14. The van der Waals surface area contributed by atoms with E-state index in [4.69, 9.17) is 5.11 Å². The van der Waals surface area contributed by atoms with Gasteiger partial charge >= 0.3 is 11.9 Å². The van der Waals surface area contributed by atoms with E-state index in [1.807, 2.05) is 24.3 Å². The number of hydrogen-bond acceptors (Lipinski definition) is 2. The number of hydrogen-bond donors (Lipinski definition) is 2. The van der Waals surface area contributed by atoms with Crippen molar-refractivity contribution in [3.63, 3.8) is 0 Å². The van der Waals surface area contributed by atoms with E-state index in [0.717, 1.165) is 12.0 Å². The van der Waals surface area contributed by atoms with Crippen molar-refractivity contribution in [1.82, 2.24) is 5.32 Å². The lowest BCUT2D eigenvalue weighted by molar-refractivity contribution is -0.150. The van der Waals surface area contributed by atoms with Gasteiger partial charge in [-0.3, -0.25) is 4.79 Å². The lowest BCUT2D eigenvalue weighted by atomic mass is 10.0. The minimum Gasteiger partial charge on any atom is -0.474 e. The molecule has 1 amide bonds. The molecule has 0 unspecified atom stereocenters. The van der Waals surface area contributed by atoms with Gasteiger partial charge in [-0.15, -0.1) is 0 Å². The molecular formula is C13H17NO3. The number of carboxylic acid groups (broad SMARTS) is 1. The number of carbonyl (C=O) groups is 2. The van der Waals surface area contributed by atoms with Crippen LogP contribution in [0.2, 0.25) is 0 Å². The smallest absolute Gasteiger partial charge is 0.394 e. The van der Waals surface area contributed by atoms with Gasteiger partial charge in [0.1, 0.15) is 0 Å². The standard InChI is InChI=1S/C13H17NO3/c1-9(2)7-10-3-5-11(6-4-10)8-14-12(15)13(16)17/h3-6,9H,7-8H2,1-2H3,(H,14,15)(H,16,17). The van der Waals surface area contributed by atoms with E-state index in [1.54, 1.807) is 0 Å². The van der Waals surface area contributed by atoms with Gasteiger partial charge in [-0.05, 0) is 23.5 Å². The fourth-order valence-electron chi connectivity index (χ4n) is 1.52. The molecule has 0 aliphatic carbocycles. The highest BCUT2D eigenvalue weighted by molar-refractivity contribution is 6.31. The van der Waals surface area contributed by atoms with Crippen LogP contribution < -0.4 is 5.32 Å². The van der Waals surface area contributed by atoms with Crippen LogP contribution in [0.5, 0.6) is 0 Å². The van der Waals surface area contributed by atoms with E-state index in [9.17, 15) is 9.59 Å². The average molecular weight is 235 g/mol. The Hall–Kier alpha value is -1.84. The maximum absolute atomic E-state index is 10.8. The lowest BCUT2D eigenvalue weighted by Gasteiger charge is -2.06. The maximum Gasteiger partial charge on any atom is 0.394 e. The van der Waals surface area contributed by atoms with Gasteiger partial charge in [-0.1, -0.05) is 38.1 Å². The normalized spacial score (nSPS) is 10.3. The number of rotatable bonds is 4. The largest absolute Gasteiger partial charge is 0.474 e. The van der Waals surface area contributed by atoms with Crippen LogP contribution in [0, 0.1) is 5.92 Å². The van der Waals surface area contributed by atoms with Crippen molar-refractivity contribution in [2.75, 3.05) is 0 Å². The Kier molecular flexibility index (Phi) is 4.69. The van der Waals surface area contributed by atoms with Crippen molar-refractivity contribution in [3.05, 3.63) is 35.4 Å². The fraction of sp³-hybridized carbons (Fsp3) is 0.385. The molecule has 0 aliphatic heterocycles. The molecule has 1 aromatic carbocycles. The molecule has 17 heavy (non-hydrogen) atoms. The summed E-state index contributed by atoms with van der Waals surface area (Å²) in [5.74, 6) is -1.83. The Morgan fingerprint density at radius 3 is 2.18 bits per heavy atom. The minimum absolute atomic E-state index is 0.243. The number of aliphatic carboxylic acids is 1. The van der Waals surface area contributed by atoms with Crippen LogP contribution in [-0.2, 0) is 22.6 Å². The maximum atomic E-state index is 10.8. The molecule has 0 spiro atoms. The molecule has 0 radical (unpaired) electrons. The fourth-order valence-corrected chi connectivity index (χ4v) is 1.52. The molecule has 0 aromatic heterocycles. The van der Waals surface area contributed by atoms with Crippen molar-refractivity contribution in [2.24, 2.45) is 5.92 Å². The van der Waals surface area contributed by atoms with Gasteiger partial charge in [-0.2, -0.15) is 0 Å². The molecule has 0 fully saturated rings. The van der Waals surface area contributed by atoms with Gasteiger partial charge in [0.05, 0.1) is 0 Å². The van der Waals surface area contributed by atoms with Gasteiger partial charge in [0.25, 0.3) is 0 Å². The first-order valence-corrected chi connectivity index (χ1v) is 5.58. The first-order chi connectivity index (χ1) is 7.99. The van der Waals surface area contributed by atoms with Gasteiger partial charge in [0.15, 0.2) is 0 Å². The molecule has 1 rings (SSSR count). The third kappa shape index (κ3) is 4.68. The van der Waals surface area contributed by atoms with Crippen molar-refractivity contribution in [2.45, 2.75) is 26.8 Å². The van der Waals surface area contributed by atoms with Crippen LogP contribution >= 0.6 is 0 Å². The summed E-state index contributed by atoms with van der Waals surface area (Å²) in [7, 11) is 0. The van der Waals surface area contributed by atoms with Crippen LogP contribution in [0.15, 0.2) is 24.3 Å². The molecule has 0 aliphatic rings. The molecule has 4 heteroatoms. The zero-order chi connectivity index (χ0) is 12.8. The Morgan fingerprint density at radius 1 is 1.18 bits per heavy atom. The molecule has 2 N–H and O–H groups in total. The third-order valence-corrected chi connectivity index (χ3v) is 2.31. The van der Waals surface area contributed by atoms with Crippen molar-refractivity contribution in [3.8, 4) is 0 Å². The Bertz CT molecular complexity index is 396. The molecule has 4 nitrogen and oxygen atoms in total. The summed E-state index contributed by atoms with van der Waals surface area (Å²) in [4.78, 5) is 21.1. The third-order valence-electron chi connectivity index (χ3n) is 2.31. The molecule has 0 heterocycles. The Morgan fingerprint density at radius 2 is 1.71 bits per heavy atom. The van der Waals surface area contributed by atoms with Gasteiger partial charge in [0.2, 0.25) is 0 Å². The highest BCUT2D eigenvalue weighted by atomic mass is 16.4. The number of amides is 1. The van der Waals surface area contributed by atoms with E-state index in [-0.39, 0.29) is 6.54 Å². The molecular weight excluding hydrogens is 218 g/mol. The van der Waals surface area contributed by atoms with E-state index >= 15 is 0 Å². The summed E-state index contributed by atoms with van der Waals surface area (Å²) in [5, 5.41) is 10.7. The first kappa shape index (κ1) is 13.2. The van der Waals surface area contributed by atoms with Crippen LogP contribution in [0.3, 0.4) is 0 Å². The molecule has 0 saturated carbocycles.